The fourth-order valence-electron chi connectivity index (χ4n) is 2.16. The highest BCUT2D eigenvalue weighted by atomic mass is 15.1. The van der Waals surface area contributed by atoms with E-state index >= 15 is 0 Å². The highest BCUT2D eigenvalue weighted by Gasteiger charge is 2.01. The minimum Gasteiger partial charge on any atom is -0.372 e. The molecule has 4 nitrogen and oxygen atoms in total. The smallest absolute Gasteiger partial charge is 0.170 e. The zero-order valence-corrected chi connectivity index (χ0v) is 13.0. The zero-order valence-electron chi connectivity index (χ0n) is 13.0. The fourth-order valence-corrected chi connectivity index (χ4v) is 2.16. The molecule has 110 valence electrons. The van der Waals surface area contributed by atoms with Crippen molar-refractivity contribution in [3.8, 4) is 0 Å². The number of hydrogen-bond donors (Lipinski definition) is 0. The first kappa shape index (κ1) is 15.2. The third kappa shape index (κ3) is 4.12. The van der Waals surface area contributed by atoms with Gasteiger partial charge in [-0.1, -0.05) is 0 Å². The number of anilines is 1. The summed E-state index contributed by atoms with van der Waals surface area (Å²) in [7, 11) is 0. The Labute approximate surface area is 126 Å². The van der Waals surface area contributed by atoms with Crippen molar-refractivity contribution in [1.82, 2.24) is 0 Å². The van der Waals surface area contributed by atoms with Gasteiger partial charge in [-0.15, -0.1) is 0 Å². The van der Waals surface area contributed by atoms with Crippen molar-refractivity contribution in [3.63, 3.8) is 0 Å². The Balaban J connectivity index is 2.06. The summed E-state index contributed by atoms with van der Waals surface area (Å²) >= 11 is 0. The quantitative estimate of drug-likeness (QED) is 0.576. The van der Waals surface area contributed by atoms with E-state index in [0.717, 1.165) is 31.0 Å². The molecule has 2 aromatic rings. The van der Waals surface area contributed by atoms with Crippen molar-refractivity contribution in [3.05, 3.63) is 48.8 Å². The molecule has 1 aromatic heterocycles. The van der Waals surface area contributed by atoms with E-state index in [1.165, 1.54) is 5.69 Å². The van der Waals surface area contributed by atoms with E-state index in [9.17, 15) is 0 Å². The lowest BCUT2D eigenvalue weighted by Gasteiger charge is -2.20. The molecule has 0 bridgehead atoms. The van der Waals surface area contributed by atoms with Crippen LogP contribution in [-0.2, 0) is 6.54 Å². The van der Waals surface area contributed by atoms with Gasteiger partial charge in [-0.25, -0.2) is 4.57 Å². The van der Waals surface area contributed by atoms with Crippen molar-refractivity contribution >= 4 is 17.1 Å². The van der Waals surface area contributed by atoms with Crippen LogP contribution in [0.1, 0.15) is 20.8 Å². The number of benzene rings is 1. The molecule has 1 aromatic carbocycles. The maximum absolute atomic E-state index is 4.28. The van der Waals surface area contributed by atoms with Crippen LogP contribution in [0, 0.1) is 0 Å². The molecule has 0 N–H and O–H groups in total. The van der Waals surface area contributed by atoms with E-state index in [-0.39, 0.29) is 0 Å². The van der Waals surface area contributed by atoms with Gasteiger partial charge >= 0.3 is 0 Å². The van der Waals surface area contributed by atoms with E-state index in [1.54, 1.807) is 0 Å². The molecule has 0 unspecified atom stereocenters. The Bertz CT molecular complexity index is 569. The second kappa shape index (κ2) is 7.53. The predicted molar refractivity (Wildman–Crippen MR) is 86.5 cm³/mol. The first-order chi connectivity index (χ1) is 10.3. The topological polar surface area (TPSA) is 31.8 Å². The molecule has 0 saturated carbocycles. The van der Waals surface area contributed by atoms with E-state index in [0.29, 0.717) is 0 Å². The number of hydrogen-bond acceptors (Lipinski definition) is 3. The molecular weight excluding hydrogens is 260 g/mol. The average molecular weight is 283 g/mol. The average Bonchev–Trinajstić information content (AvgIpc) is 2.55. The monoisotopic (exact) mass is 283 g/mol. The molecule has 2 rings (SSSR count). The maximum Gasteiger partial charge on any atom is 0.170 e. The summed E-state index contributed by atoms with van der Waals surface area (Å²) in [6.45, 7) is 9.42. The molecule has 0 saturated heterocycles. The number of rotatable bonds is 6. The molecule has 0 aliphatic rings. The van der Waals surface area contributed by atoms with Crippen LogP contribution in [0.25, 0.3) is 0 Å². The number of nitrogens with zero attached hydrogens (tertiary/aromatic N) is 4. The Morgan fingerprint density at radius 3 is 1.81 bits per heavy atom. The molecule has 0 amide bonds. The zero-order chi connectivity index (χ0) is 15.1. The summed E-state index contributed by atoms with van der Waals surface area (Å²) in [6, 6.07) is 12.1. The van der Waals surface area contributed by atoms with Gasteiger partial charge in [0.05, 0.1) is 11.4 Å². The molecule has 0 spiro atoms. The van der Waals surface area contributed by atoms with Gasteiger partial charge in [0, 0.05) is 30.9 Å². The third-order valence-electron chi connectivity index (χ3n) is 3.50. The fraction of sp³-hybridized carbons (Fsp3) is 0.353. The first-order valence-corrected chi connectivity index (χ1v) is 7.52. The van der Waals surface area contributed by atoms with E-state index in [1.807, 2.05) is 36.7 Å². The van der Waals surface area contributed by atoms with Gasteiger partial charge in [-0.3, -0.25) is 0 Å². The van der Waals surface area contributed by atoms with Crippen molar-refractivity contribution in [2.24, 2.45) is 10.2 Å². The molecule has 1 heterocycles. The molecule has 0 aliphatic heterocycles. The molecule has 21 heavy (non-hydrogen) atoms. The van der Waals surface area contributed by atoms with Crippen LogP contribution < -0.4 is 9.47 Å². The first-order valence-electron chi connectivity index (χ1n) is 7.52. The van der Waals surface area contributed by atoms with Crippen molar-refractivity contribution in [2.75, 3.05) is 18.0 Å². The van der Waals surface area contributed by atoms with Crippen LogP contribution in [0.15, 0.2) is 59.0 Å². The Morgan fingerprint density at radius 2 is 1.33 bits per heavy atom. The van der Waals surface area contributed by atoms with Gasteiger partial charge in [-0.05, 0) is 45.0 Å². The summed E-state index contributed by atoms with van der Waals surface area (Å²) in [5.41, 5.74) is 2.97. The summed E-state index contributed by atoms with van der Waals surface area (Å²) in [4.78, 5) is 2.31. The van der Waals surface area contributed by atoms with Crippen LogP contribution in [0.2, 0.25) is 0 Å². The molecule has 0 radical (unpaired) electrons. The van der Waals surface area contributed by atoms with Crippen LogP contribution in [0.5, 0.6) is 0 Å². The number of azo groups is 1. The van der Waals surface area contributed by atoms with E-state index < -0.39 is 0 Å². The number of pyridine rings is 1. The molecule has 0 fully saturated rings. The summed E-state index contributed by atoms with van der Waals surface area (Å²) < 4.78 is 2.10. The van der Waals surface area contributed by atoms with Crippen LogP contribution in [-0.4, -0.2) is 13.1 Å². The van der Waals surface area contributed by atoms with Crippen molar-refractivity contribution < 1.29 is 4.57 Å². The third-order valence-corrected chi connectivity index (χ3v) is 3.50. The van der Waals surface area contributed by atoms with E-state index in [2.05, 4.69) is 52.6 Å². The lowest BCUT2D eigenvalue weighted by molar-refractivity contribution is -0.693. The minimum absolute atomic E-state index is 0.868. The number of aromatic nitrogens is 1. The van der Waals surface area contributed by atoms with Gasteiger partial charge in [0.1, 0.15) is 6.54 Å². The second-order valence-corrected chi connectivity index (χ2v) is 4.78. The predicted octanol–water partition coefficient (Wildman–Crippen LogP) is 4.26. The van der Waals surface area contributed by atoms with Crippen LogP contribution in [0.4, 0.5) is 17.1 Å². The standard InChI is InChI=1S/C17H23N4/c1-4-20-13-11-16(12-14-20)19-18-15-7-9-17(10-8-15)21(5-2)6-3/h7-14H,4-6H2,1-3H3/q+1. The van der Waals surface area contributed by atoms with Crippen LogP contribution >= 0.6 is 0 Å². The maximum atomic E-state index is 4.28. The minimum atomic E-state index is 0.868. The SMILES string of the molecule is CCN(CC)c1ccc(N=Nc2cc[n+](CC)cc2)cc1. The Morgan fingerprint density at radius 1 is 0.810 bits per heavy atom. The lowest BCUT2D eigenvalue weighted by Crippen LogP contribution is -2.30. The number of aryl methyl sites for hydroxylation is 1. The normalized spacial score (nSPS) is 11.0. The second-order valence-electron chi connectivity index (χ2n) is 4.78. The van der Waals surface area contributed by atoms with Gasteiger partial charge in [-0.2, -0.15) is 10.2 Å². The Kier molecular flexibility index (Phi) is 5.43. The summed E-state index contributed by atoms with van der Waals surface area (Å²) in [6.07, 6.45) is 4.02. The van der Waals surface area contributed by atoms with Gasteiger partial charge in [0.25, 0.3) is 0 Å². The molecule has 0 aliphatic carbocycles. The van der Waals surface area contributed by atoms with Gasteiger partial charge in [0.2, 0.25) is 0 Å². The molecule has 0 atom stereocenters. The van der Waals surface area contributed by atoms with Crippen molar-refractivity contribution in [2.45, 2.75) is 27.3 Å². The molecular formula is C17H23N4+. The highest BCUT2D eigenvalue weighted by molar-refractivity contribution is 5.52. The van der Waals surface area contributed by atoms with Crippen LogP contribution in [0.3, 0.4) is 0 Å². The van der Waals surface area contributed by atoms with Gasteiger partial charge in [0.15, 0.2) is 12.4 Å². The lowest BCUT2D eigenvalue weighted by atomic mass is 10.2. The Hall–Kier alpha value is -2.23. The van der Waals surface area contributed by atoms with E-state index in [4.69, 9.17) is 0 Å². The van der Waals surface area contributed by atoms with Gasteiger partial charge < -0.3 is 4.90 Å². The summed E-state index contributed by atoms with van der Waals surface area (Å²) in [5.74, 6) is 0. The van der Waals surface area contributed by atoms with Crippen molar-refractivity contribution in [1.29, 1.82) is 0 Å². The molecule has 4 heteroatoms. The largest absolute Gasteiger partial charge is 0.372 e. The summed E-state index contributed by atoms with van der Waals surface area (Å²) in [5, 5.41) is 8.55. The highest BCUT2D eigenvalue weighted by Crippen LogP contribution is 2.21.